The molecule has 1 atom stereocenters. The maximum Gasteiger partial charge on any atom is 0.387 e. The Bertz CT molecular complexity index is 705. The normalized spacial score (nSPS) is 12.1. The first-order valence-electron chi connectivity index (χ1n) is 7.14. The van der Waals surface area contributed by atoms with E-state index in [1.807, 2.05) is 0 Å². The summed E-state index contributed by atoms with van der Waals surface area (Å²) in [7, 11) is 0. The fraction of sp³-hybridized carbons (Fsp3) is 0.235. The van der Waals surface area contributed by atoms with Crippen LogP contribution in [0.3, 0.4) is 0 Å². The number of hydrogen-bond donors (Lipinski definition) is 1. The minimum absolute atomic E-state index is 0.0239. The highest BCUT2D eigenvalue weighted by atomic mass is 35.5. The van der Waals surface area contributed by atoms with Crippen LogP contribution in [0, 0.1) is 0 Å². The lowest BCUT2D eigenvalue weighted by molar-refractivity contribution is -0.121. The van der Waals surface area contributed by atoms with E-state index in [2.05, 4.69) is 10.1 Å². The van der Waals surface area contributed by atoms with E-state index >= 15 is 0 Å². The first kappa shape index (κ1) is 18.5. The average Bonchev–Trinajstić information content (AvgIpc) is 2.50. The van der Waals surface area contributed by atoms with E-state index in [4.69, 9.17) is 23.2 Å². The van der Waals surface area contributed by atoms with Gasteiger partial charge in [-0.2, -0.15) is 8.78 Å². The van der Waals surface area contributed by atoms with Crippen LogP contribution in [0.5, 0.6) is 5.75 Å². The van der Waals surface area contributed by atoms with Gasteiger partial charge in [0.2, 0.25) is 5.91 Å². The smallest absolute Gasteiger partial charge is 0.387 e. The van der Waals surface area contributed by atoms with Gasteiger partial charge in [-0.1, -0.05) is 41.4 Å². The fourth-order valence-electron chi connectivity index (χ4n) is 2.20. The summed E-state index contributed by atoms with van der Waals surface area (Å²) in [5.41, 5.74) is 1.19. The molecule has 0 fully saturated rings. The van der Waals surface area contributed by atoms with Crippen LogP contribution < -0.4 is 10.1 Å². The minimum Gasteiger partial charge on any atom is -0.435 e. The van der Waals surface area contributed by atoms with Crippen molar-refractivity contribution in [3.05, 3.63) is 63.6 Å². The minimum atomic E-state index is -2.90. The highest BCUT2D eigenvalue weighted by Crippen LogP contribution is 2.25. The zero-order valence-corrected chi connectivity index (χ0v) is 14.2. The largest absolute Gasteiger partial charge is 0.435 e. The van der Waals surface area contributed by atoms with Crippen LogP contribution in [0.1, 0.15) is 24.1 Å². The summed E-state index contributed by atoms with van der Waals surface area (Å²) in [6.45, 7) is -1.15. The molecular weight excluding hydrogens is 359 g/mol. The second-order valence-corrected chi connectivity index (χ2v) is 5.93. The lowest BCUT2D eigenvalue weighted by atomic mass is 10.1. The van der Waals surface area contributed by atoms with Crippen molar-refractivity contribution in [3.8, 4) is 5.75 Å². The molecule has 0 aromatic heterocycles. The third kappa shape index (κ3) is 5.08. The number of benzene rings is 2. The number of carbonyl (C=O) groups is 1. The van der Waals surface area contributed by atoms with Crippen molar-refractivity contribution >= 4 is 29.1 Å². The topological polar surface area (TPSA) is 38.3 Å². The standard InChI is InChI=1S/C17H15Cl2F2NO2/c1-10(11-4-2-5-12(8-11)24-17(20)21)22-16(23)9-13-14(18)6-3-7-15(13)19/h2-8,10,17H,9H2,1H3,(H,22,23). The van der Waals surface area contributed by atoms with Crippen molar-refractivity contribution in [2.45, 2.75) is 26.0 Å². The van der Waals surface area contributed by atoms with Gasteiger partial charge in [0, 0.05) is 10.0 Å². The second kappa shape index (κ2) is 8.31. The molecule has 0 heterocycles. The fourth-order valence-corrected chi connectivity index (χ4v) is 2.73. The molecule has 0 saturated heterocycles. The van der Waals surface area contributed by atoms with Crippen molar-refractivity contribution in [2.24, 2.45) is 0 Å². The average molecular weight is 374 g/mol. The van der Waals surface area contributed by atoms with Gasteiger partial charge in [0.1, 0.15) is 5.75 Å². The van der Waals surface area contributed by atoms with Crippen molar-refractivity contribution in [3.63, 3.8) is 0 Å². The molecule has 0 radical (unpaired) electrons. The van der Waals surface area contributed by atoms with E-state index in [1.165, 1.54) is 12.1 Å². The number of amides is 1. The summed E-state index contributed by atoms with van der Waals surface area (Å²) in [6.07, 6.45) is 0.0239. The maximum atomic E-state index is 12.3. The third-order valence-corrected chi connectivity index (χ3v) is 4.07. The van der Waals surface area contributed by atoms with Gasteiger partial charge >= 0.3 is 6.61 Å². The molecule has 1 N–H and O–H groups in total. The van der Waals surface area contributed by atoms with Crippen molar-refractivity contribution in [2.75, 3.05) is 0 Å². The molecule has 2 aromatic carbocycles. The highest BCUT2D eigenvalue weighted by Gasteiger charge is 2.15. The molecule has 7 heteroatoms. The first-order valence-corrected chi connectivity index (χ1v) is 7.89. The number of halogens is 4. The van der Waals surface area contributed by atoms with Crippen LogP contribution in [-0.2, 0) is 11.2 Å². The Morgan fingerprint density at radius 2 is 1.79 bits per heavy atom. The van der Waals surface area contributed by atoms with Crippen LogP contribution in [0.25, 0.3) is 0 Å². The molecule has 2 rings (SSSR count). The molecular formula is C17H15Cl2F2NO2. The Labute approximate surface area is 148 Å². The van der Waals surface area contributed by atoms with Crippen molar-refractivity contribution < 1.29 is 18.3 Å². The maximum absolute atomic E-state index is 12.3. The molecule has 3 nitrogen and oxygen atoms in total. The van der Waals surface area contributed by atoms with E-state index in [1.54, 1.807) is 37.3 Å². The van der Waals surface area contributed by atoms with Gasteiger partial charge in [-0.3, -0.25) is 4.79 Å². The number of hydrogen-bond acceptors (Lipinski definition) is 2. The summed E-state index contributed by atoms with van der Waals surface area (Å²) >= 11 is 12.1. The number of rotatable bonds is 6. The van der Waals surface area contributed by atoms with E-state index in [0.29, 0.717) is 21.2 Å². The molecule has 0 aliphatic heterocycles. The Balaban J connectivity index is 2.04. The van der Waals surface area contributed by atoms with E-state index in [-0.39, 0.29) is 24.1 Å². The quantitative estimate of drug-likeness (QED) is 0.772. The highest BCUT2D eigenvalue weighted by molar-refractivity contribution is 6.36. The van der Waals surface area contributed by atoms with Gasteiger partial charge in [-0.05, 0) is 42.3 Å². The van der Waals surface area contributed by atoms with Crippen LogP contribution >= 0.6 is 23.2 Å². The Morgan fingerprint density at radius 3 is 2.42 bits per heavy atom. The number of alkyl halides is 2. The zero-order chi connectivity index (χ0) is 17.7. The van der Waals surface area contributed by atoms with E-state index in [9.17, 15) is 13.6 Å². The third-order valence-electron chi connectivity index (χ3n) is 3.36. The number of ether oxygens (including phenoxy) is 1. The monoisotopic (exact) mass is 373 g/mol. The Hall–Kier alpha value is -1.85. The zero-order valence-electron chi connectivity index (χ0n) is 12.7. The summed E-state index contributed by atoms with van der Waals surface area (Å²) < 4.78 is 28.9. The summed E-state index contributed by atoms with van der Waals surface area (Å²) in [5, 5.41) is 3.61. The first-order chi connectivity index (χ1) is 11.4. The molecule has 24 heavy (non-hydrogen) atoms. The van der Waals surface area contributed by atoms with Gasteiger partial charge in [0.15, 0.2) is 0 Å². The molecule has 1 amide bonds. The SMILES string of the molecule is CC(NC(=O)Cc1c(Cl)cccc1Cl)c1cccc(OC(F)F)c1. The van der Waals surface area contributed by atoms with Crippen LogP contribution in [0.4, 0.5) is 8.78 Å². The van der Waals surface area contributed by atoms with Crippen LogP contribution in [0.15, 0.2) is 42.5 Å². The van der Waals surface area contributed by atoms with Crippen LogP contribution in [-0.4, -0.2) is 12.5 Å². The predicted octanol–water partition coefficient (Wildman–Crippen LogP) is 5.01. The lowest BCUT2D eigenvalue weighted by Gasteiger charge is -2.16. The van der Waals surface area contributed by atoms with Crippen molar-refractivity contribution in [1.82, 2.24) is 5.32 Å². The second-order valence-electron chi connectivity index (χ2n) is 5.12. The van der Waals surface area contributed by atoms with E-state index in [0.717, 1.165) is 0 Å². The van der Waals surface area contributed by atoms with Crippen LogP contribution in [0.2, 0.25) is 10.0 Å². The van der Waals surface area contributed by atoms with Crippen molar-refractivity contribution in [1.29, 1.82) is 0 Å². The predicted molar refractivity (Wildman–Crippen MR) is 89.8 cm³/mol. The van der Waals surface area contributed by atoms with Gasteiger partial charge < -0.3 is 10.1 Å². The molecule has 0 aliphatic rings. The molecule has 0 aliphatic carbocycles. The molecule has 2 aromatic rings. The number of carbonyl (C=O) groups excluding carboxylic acids is 1. The number of nitrogens with one attached hydrogen (secondary N) is 1. The summed E-state index contributed by atoms with van der Waals surface area (Å²) in [5.74, 6) is -0.240. The molecule has 1 unspecified atom stereocenters. The summed E-state index contributed by atoms with van der Waals surface area (Å²) in [4.78, 5) is 12.2. The lowest BCUT2D eigenvalue weighted by Crippen LogP contribution is -2.28. The molecule has 0 spiro atoms. The molecule has 0 saturated carbocycles. The van der Waals surface area contributed by atoms with Gasteiger partial charge in [-0.15, -0.1) is 0 Å². The van der Waals surface area contributed by atoms with Gasteiger partial charge in [0.25, 0.3) is 0 Å². The summed E-state index contributed by atoms with van der Waals surface area (Å²) in [6, 6.07) is 10.8. The Morgan fingerprint density at radius 1 is 1.17 bits per heavy atom. The molecule has 0 bridgehead atoms. The molecule has 128 valence electrons. The van der Waals surface area contributed by atoms with Gasteiger partial charge in [-0.25, -0.2) is 0 Å². The van der Waals surface area contributed by atoms with E-state index < -0.39 is 6.61 Å². The Kier molecular flexibility index (Phi) is 6.40. The van der Waals surface area contributed by atoms with Gasteiger partial charge in [0.05, 0.1) is 12.5 Å².